The molecule has 1 aromatic rings. The van der Waals surface area contributed by atoms with E-state index in [9.17, 15) is 9.18 Å². The van der Waals surface area contributed by atoms with Crippen LogP contribution in [0.5, 0.6) is 0 Å². The number of esters is 1. The molecule has 0 atom stereocenters. The summed E-state index contributed by atoms with van der Waals surface area (Å²) in [5.74, 6) is -0.637. The number of ether oxygens (including phenoxy) is 1. The van der Waals surface area contributed by atoms with Crippen LogP contribution in [0.25, 0.3) is 6.08 Å². The van der Waals surface area contributed by atoms with E-state index in [4.69, 9.17) is 4.74 Å². The number of hydrogen-bond donors (Lipinski definition) is 0. The summed E-state index contributed by atoms with van der Waals surface area (Å²) in [6, 6.07) is 5.81. The molecule has 152 valence electrons. The third kappa shape index (κ3) is 7.97. The molecule has 0 saturated carbocycles. The molecule has 1 rings (SSSR count). The summed E-state index contributed by atoms with van der Waals surface area (Å²) in [4.78, 5) is 11.5. The minimum absolute atomic E-state index is 0.210. The van der Waals surface area contributed by atoms with Gasteiger partial charge in [0.05, 0.1) is 0 Å². The molecule has 0 radical (unpaired) electrons. The van der Waals surface area contributed by atoms with Crippen LogP contribution in [0.3, 0.4) is 0 Å². The van der Waals surface area contributed by atoms with Crippen molar-refractivity contribution in [1.29, 1.82) is 0 Å². The maximum atomic E-state index is 14.8. The summed E-state index contributed by atoms with van der Waals surface area (Å²) in [5, 5.41) is 0. The molecule has 0 aliphatic rings. The molecule has 0 unspecified atom stereocenters. The van der Waals surface area contributed by atoms with Gasteiger partial charge in [-0.2, -0.15) is 0 Å². The average molecular weight is 483 g/mol. The van der Waals surface area contributed by atoms with Gasteiger partial charge in [-0.25, -0.2) is 0 Å². The SMILES string of the molecule is CCC[CH2][Sn]([CH2]CCC)([CH2]CCC)[c]1ccc(C=CC(=O)OCC)c(F)c1. The molecule has 2 nitrogen and oxygen atoms in total. The molecule has 0 spiro atoms. The summed E-state index contributed by atoms with van der Waals surface area (Å²) in [7, 11) is 0. The van der Waals surface area contributed by atoms with Crippen molar-refractivity contribution in [1.82, 2.24) is 0 Å². The number of carbonyl (C=O) groups is 1. The Morgan fingerprint density at radius 1 is 1.00 bits per heavy atom. The van der Waals surface area contributed by atoms with Crippen LogP contribution in [0.1, 0.15) is 71.8 Å². The van der Waals surface area contributed by atoms with E-state index < -0.39 is 24.3 Å². The molecule has 0 bridgehead atoms. The topological polar surface area (TPSA) is 26.3 Å². The molecule has 0 saturated heterocycles. The van der Waals surface area contributed by atoms with Crippen molar-refractivity contribution >= 4 is 34.0 Å². The Bertz CT molecular complexity index is 576. The van der Waals surface area contributed by atoms with Gasteiger partial charge in [-0.3, -0.25) is 0 Å². The van der Waals surface area contributed by atoms with Crippen LogP contribution in [0.15, 0.2) is 24.3 Å². The molecule has 0 heterocycles. The molecule has 27 heavy (non-hydrogen) atoms. The Morgan fingerprint density at radius 3 is 2.00 bits per heavy atom. The van der Waals surface area contributed by atoms with E-state index in [0.29, 0.717) is 12.2 Å². The first-order chi connectivity index (χ1) is 13.0. The first-order valence-corrected chi connectivity index (χ1v) is 18.2. The number of benzene rings is 1. The van der Waals surface area contributed by atoms with Crippen LogP contribution >= 0.6 is 0 Å². The van der Waals surface area contributed by atoms with E-state index in [1.807, 2.05) is 6.07 Å². The van der Waals surface area contributed by atoms with Gasteiger partial charge in [-0.15, -0.1) is 0 Å². The van der Waals surface area contributed by atoms with Gasteiger partial charge in [0.25, 0.3) is 0 Å². The van der Waals surface area contributed by atoms with Crippen LogP contribution in [0.4, 0.5) is 4.39 Å². The van der Waals surface area contributed by atoms with Gasteiger partial charge >= 0.3 is 170 Å². The van der Waals surface area contributed by atoms with Crippen LogP contribution in [-0.4, -0.2) is 31.0 Å². The van der Waals surface area contributed by atoms with Crippen molar-refractivity contribution in [3.63, 3.8) is 0 Å². The second-order valence-electron chi connectivity index (χ2n) is 7.41. The number of unbranched alkanes of at least 4 members (excludes halogenated alkanes) is 3. The van der Waals surface area contributed by atoms with Gasteiger partial charge in [-0.1, -0.05) is 0 Å². The molecule has 0 amide bonds. The van der Waals surface area contributed by atoms with Gasteiger partial charge in [-0.05, 0) is 0 Å². The zero-order valence-electron chi connectivity index (χ0n) is 17.7. The van der Waals surface area contributed by atoms with Crippen molar-refractivity contribution < 1.29 is 13.9 Å². The van der Waals surface area contributed by atoms with E-state index in [0.717, 1.165) is 0 Å². The summed E-state index contributed by atoms with van der Waals surface area (Å²) in [5.41, 5.74) is 0.466. The number of rotatable bonds is 13. The van der Waals surface area contributed by atoms with Crippen molar-refractivity contribution in [2.45, 2.75) is 79.5 Å². The Labute approximate surface area is 169 Å². The Balaban J connectivity index is 3.16. The van der Waals surface area contributed by atoms with Gasteiger partial charge in [0.15, 0.2) is 0 Å². The second kappa shape index (κ2) is 13.4. The van der Waals surface area contributed by atoms with Crippen LogP contribution in [-0.2, 0) is 9.53 Å². The first-order valence-electron chi connectivity index (χ1n) is 10.7. The molecular weight excluding hydrogens is 446 g/mol. The summed E-state index contributed by atoms with van der Waals surface area (Å²) in [6.07, 6.45) is 10.2. The fourth-order valence-corrected chi connectivity index (χ4v) is 19.6. The fraction of sp³-hybridized carbons (Fsp3) is 0.609. The molecule has 0 aromatic heterocycles. The van der Waals surface area contributed by atoms with E-state index in [1.54, 1.807) is 13.0 Å². The third-order valence-electron chi connectivity index (χ3n) is 5.33. The number of carbonyl (C=O) groups excluding carboxylic acids is 1. The Morgan fingerprint density at radius 2 is 1.56 bits per heavy atom. The fourth-order valence-electron chi connectivity index (χ4n) is 3.69. The van der Waals surface area contributed by atoms with E-state index in [1.165, 1.54) is 67.6 Å². The zero-order chi connectivity index (χ0) is 20.1. The summed E-state index contributed by atoms with van der Waals surface area (Å²) in [6.45, 7) is 8.84. The van der Waals surface area contributed by atoms with Crippen LogP contribution in [0, 0.1) is 5.82 Å². The predicted octanol–water partition coefficient (Wildman–Crippen LogP) is 6.46. The van der Waals surface area contributed by atoms with Gasteiger partial charge in [0.1, 0.15) is 0 Å². The van der Waals surface area contributed by atoms with E-state index >= 15 is 0 Å². The zero-order valence-corrected chi connectivity index (χ0v) is 20.5. The minimum atomic E-state index is -2.61. The van der Waals surface area contributed by atoms with Gasteiger partial charge in [0, 0.05) is 0 Å². The molecule has 1 aromatic carbocycles. The van der Waals surface area contributed by atoms with Crippen molar-refractivity contribution in [2.75, 3.05) is 6.61 Å². The standard InChI is InChI=1S/C11H10FO2.3C4H9.Sn/c1-2-14-11(13)8-7-9-5-3-4-6-10(9)12;3*1-3-4-2;/h3,5-8H,2H2,1H3;3*1,3-4H2,2H3;. The Hall–Kier alpha value is -0.841. The van der Waals surface area contributed by atoms with Crippen LogP contribution in [0.2, 0.25) is 13.3 Å². The molecule has 0 aliphatic heterocycles. The second-order valence-corrected chi connectivity index (χ2v) is 20.7. The molecule has 4 heteroatoms. The Kier molecular flexibility index (Phi) is 12.0. The number of hydrogen-bond acceptors (Lipinski definition) is 2. The van der Waals surface area contributed by atoms with Crippen molar-refractivity contribution in [3.05, 3.63) is 35.7 Å². The van der Waals surface area contributed by atoms with Crippen molar-refractivity contribution in [3.8, 4) is 0 Å². The van der Waals surface area contributed by atoms with E-state index in [2.05, 4.69) is 26.8 Å². The monoisotopic (exact) mass is 484 g/mol. The molecule has 0 aliphatic carbocycles. The third-order valence-corrected chi connectivity index (χ3v) is 20.9. The quantitative estimate of drug-likeness (QED) is 0.183. The van der Waals surface area contributed by atoms with Gasteiger partial charge < -0.3 is 0 Å². The average Bonchev–Trinajstić information content (AvgIpc) is 2.67. The normalized spacial score (nSPS) is 11.9. The van der Waals surface area contributed by atoms with Gasteiger partial charge in [0.2, 0.25) is 0 Å². The molecular formula is C23H37FO2Sn. The summed E-state index contributed by atoms with van der Waals surface area (Å²) < 4.78 is 25.0. The van der Waals surface area contributed by atoms with Crippen molar-refractivity contribution in [2.24, 2.45) is 0 Å². The maximum absolute atomic E-state index is 14.8. The summed E-state index contributed by atoms with van der Waals surface area (Å²) >= 11 is -2.61. The van der Waals surface area contributed by atoms with Crippen LogP contribution < -0.4 is 3.58 Å². The van der Waals surface area contributed by atoms with E-state index in [-0.39, 0.29) is 5.82 Å². The first kappa shape index (κ1) is 24.2. The molecule has 0 N–H and O–H groups in total. The number of halogens is 1. The molecule has 0 fully saturated rings. The predicted molar refractivity (Wildman–Crippen MR) is 117 cm³/mol.